The van der Waals surface area contributed by atoms with Crippen LogP contribution in [0.25, 0.3) is 21.6 Å². The third kappa shape index (κ3) is 5.65. The number of aliphatic carboxylic acids is 1. The van der Waals surface area contributed by atoms with Crippen LogP contribution in [0.5, 0.6) is 0 Å². The van der Waals surface area contributed by atoms with Crippen molar-refractivity contribution in [1.82, 2.24) is 15.0 Å². The highest BCUT2D eigenvalue weighted by atomic mass is 32.1. The van der Waals surface area contributed by atoms with E-state index in [1.165, 1.54) is 5.56 Å². The second-order valence-corrected chi connectivity index (χ2v) is 10.4. The molecule has 0 aliphatic rings. The maximum atomic E-state index is 12.0. The Morgan fingerprint density at radius 3 is 2.49 bits per heavy atom. The first-order valence-corrected chi connectivity index (χ1v) is 13.0. The quantitative estimate of drug-likeness (QED) is 0.184. The summed E-state index contributed by atoms with van der Waals surface area (Å²) in [4.78, 5) is 25.5. The molecule has 0 spiro atoms. The Labute approximate surface area is 219 Å². The highest BCUT2D eigenvalue weighted by Crippen LogP contribution is 2.27. The molecule has 0 aliphatic heterocycles. The molecule has 0 fully saturated rings. The fraction of sp³-hybridized carbons (Fsp3) is 0.207. The molecule has 5 aromatic rings. The Morgan fingerprint density at radius 2 is 1.78 bits per heavy atom. The third-order valence-electron chi connectivity index (χ3n) is 6.31. The summed E-state index contributed by atoms with van der Waals surface area (Å²) in [6.45, 7) is 6.68. The number of para-hydroxylation sites is 2. The van der Waals surface area contributed by atoms with Crippen LogP contribution in [0.1, 0.15) is 27.1 Å². The molecule has 0 aliphatic carbocycles. The predicted octanol–water partition coefficient (Wildman–Crippen LogP) is 6.33. The molecule has 3 aromatic carbocycles. The number of nitrogens with one attached hydrogen (secondary N) is 3. The average Bonchev–Trinajstić information content (AvgIpc) is 3.51. The number of carboxylic acids is 1. The van der Waals surface area contributed by atoms with E-state index in [-0.39, 0.29) is 0 Å². The zero-order valence-corrected chi connectivity index (χ0v) is 21.8. The van der Waals surface area contributed by atoms with Gasteiger partial charge < -0.3 is 20.7 Å². The highest BCUT2D eigenvalue weighted by Gasteiger charge is 2.20. The monoisotopic (exact) mass is 511 g/mol. The minimum absolute atomic E-state index is 0.382. The van der Waals surface area contributed by atoms with Crippen LogP contribution in [-0.4, -0.2) is 32.1 Å². The Hall–Kier alpha value is -4.17. The van der Waals surface area contributed by atoms with Crippen molar-refractivity contribution in [2.45, 2.75) is 39.8 Å². The van der Waals surface area contributed by atoms with Crippen molar-refractivity contribution < 1.29 is 9.90 Å². The van der Waals surface area contributed by atoms with Gasteiger partial charge in [0, 0.05) is 28.7 Å². The normalized spacial score (nSPS) is 12.0. The molecular weight excluding hydrogens is 482 g/mol. The number of carboxylic acid groups (broad SMARTS) is 1. The summed E-state index contributed by atoms with van der Waals surface area (Å²) in [7, 11) is 0. The molecule has 7 nitrogen and oxygen atoms in total. The Morgan fingerprint density at radius 1 is 1.05 bits per heavy atom. The van der Waals surface area contributed by atoms with Crippen molar-refractivity contribution in [1.29, 1.82) is 0 Å². The predicted molar refractivity (Wildman–Crippen MR) is 150 cm³/mol. The van der Waals surface area contributed by atoms with Gasteiger partial charge in [0.05, 0.1) is 17.6 Å². The van der Waals surface area contributed by atoms with Gasteiger partial charge in [-0.2, -0.15) is 0 Å². The molecule has 0 saturated heterocycles. The average molecular weight is 512 g/mol. The molecule has 188 valence electrons. The Bertz CT molecular complexity index is 1500. The number of thiazole rings is 1. The zero-order chi connectivity index (χ0) is 25.9. The number of nitrogens with zero attached hydrogens (tertiary/aromatic N) is 2. The van der Waals surface area contributed by atoms with Gasteiger partial charge in [-0.3, -0.25) is 0 Å². The molecule has 37 heavy (non-hydrogen) atoms. The molecule has 0 saturated carbocycles. The molecule has 5 rings (SSSR count). The largest absolute Gasteiger partial charge is 0.480 e. The molecule has 0 bridgehead atoms. The second kappa shape index (κ2) is 10.4. The van der Waals surface area contributed by atoms with E-state index in [4.69, 9.17) is 0 Å². The summed E-state index contributed by atoms with van der Waals surface area (Å²) in [6, 6.07) is 19.3. The summed E-state index contributed by atoms with van der Waals surface area (Å²) >= 11 is 1.62. The standard InChI is InChI=1S/C29H29N5O2S/c1-17-12-18(2)26(19(3)13-17)32-25(28(35)36)14-20-8-10-21(11-9-20)27-30-15-22(37-27)16-31-29-33-23-6-4-5-7-24(23)34-29/h4-13,15,25,32H,14,16H2,1-3H3,(H,35,36)(H2,31,33,34). The van der Waals surface area contributed by atoms with E-state index in [0.29, 0.717) is 13.0 Å². The summed E-state index contributed by atoms with van der Waals surface area (Å²) in [5.74, 6) is -0.136. The topological polar surface area (TPSA) is 103 Å². The first-order chi connectivity index (χ1) is 17.9. The zero-order valence-electron chi connectivity index (χ0n) is 21.0. The first kappa shape index (κ1) is 24.5. The van der Waals surface area contributed by atoms with Crippen molar-refractivity contribution in [2.24, 2.45) is 0 Å². The number of rotatable bonds is 9. The van der Waals surface area contributed by atoms with Gasteiger partial charge in [0.15, 0.2) is 0 Å². The number of hydrogen-bond donors (Lipinski definition) is 4. The van der Waals surface area contributed by atoms with E-state index >= 15 is 0 Å². The van der Waals surface area contributed by atoms with Gasteiger partial charge in [-0.1, -0.05) is 54.1 Å². The number of fused-ring (bicyclic) bond motifs is 1. The van der Waals surface area contributed by atoms with Gasteiger partial charge in [-0.25, -0.2) is 14.8 Å². The molecule has 8 heteroatoms. The van der Waals surface area contributed by atoms with Crippen LogP contribution in [0.15, 0.2) is 66.9 Å². The van der Waals surface area contributed by atoms with E-state index in [1.54, 1.807) is 11.3 Å². The number of aromatic nitrogens is 3. The van der Waals surface area contributed by atoms with Crippen LogP contribution in [0.4, 0.5) is 11.6 Å². The molecule has 1 unspecified atom stereocenters. The van der Waals surface area contributed by atoms with Gasteiger partial charge in [-0.05, 0) is 49.6 Å². The van der Waals surface area contributed by atoms with E-state index in [0.717, 1.165) is 54.8 Å². The fourth-order valence-electron chi connectivity index (χ4n) is 4.53. The molecule has 1 atom stereocenters. The maximum absolute atomic E-state index is 12.0. The van der Waals surface area contributed by atoms with Crippen LogP contribution in [0.2, 0.25) is 0 Å². The number of carbonyl (C=O) groups is 1. The van der Waals surface area contributed by atoms with Crippen LogP contribution < -0.4 is 10.6 Å². The lowest BCUT2D eigenvalue weighted by Gasteiger charge is -2.20. The molecule has 4 N–H and O–H groups in total. The lowest BCUT2D eigenvalue weighted by molar-refractivity contribution is -0.137. The molecule has 2 aromatic heterocycles. The number of imidazole rings is 1. The third-order valence-corrected chi connectivity index (χ3v) is 7.35. The van der Waals surface area contributed by atoms with Gasteiger partial charge in [-0.15, -0.1) is 11.3 Å². The highest BCUT2D eigenvalue weighted by molar-refractivity contribution is 7.15. The fourth-order valence-corrected chi connectivity index (χ4v) is 5.39. The Kier molecular flexibility index (Phi) is 6.92. The van der Waals surface area contributed by atoms with E-state index in [2.05, 4.69) is 37.7 Å². The number of H-pyrrole nitrogens is 1. The van der Waals surface area contributed by atoms with Gasteiger partial charge in [0.25, 0.3) is 0 Å². The second-order valence-electron chi connectivity index (χ2n) is 9.30. The molecule has 2 heterocycles. The van der Waals surface area contributed by atoms with Gasteiger partial charge in [0.1, 0.15) is 11.0 Å². The van der Waals surface area contributed by atoms with Crippen molar-refractivity contribution in [3.05, 3.63) is 94.0 Å². The van der Waals surface area contributed by atoms with Crippen LogP contribution >= 0.6 is 11.3 Å². The van der Waals surface area contributed by atoms with Gasteiger partial charge >= 0.3 is 5.97 Å². The smallest absolute Gasteiger partial charge is 0.326 e. The molecule has 0 radical (unpaired) electrons. The lowest BCUT2D eigenvalue weighted by Crippen LogP contribution is -2.32. The van der Waals surface area contributed by atoms with Crippen LogP contribution in [0.3, 0.4) is 0 Å². The minimum atomic E-state index is -0.870. The van der Waals surface area contributed by atoms with E-state index < -0.39 is 12.0 Å². The molecular formula is C29H29N5O2S. The number of benzene rings is 3. The number of aryl methyl sites for hydroxylation is 3. The number of aromatic amines is 1. The summed E-state index contributed by atoms with van der Waals surface area (Å²) in [5, 5.41) is 17.4. The van der Waals surface area contributed by atoms with Crippen molar-refractivity contribution in [2.75, 3.05) is 10.6 Å². The number of anilines is 2. The van der Waals surface area contributed by atoms with Crippen molar-refractivity contribution in [3.63, 3.8) is 0 Å². The van der Waals surface area contributed by atoms with Crippen LogP contribution in [-0.2, 0) is 17.8 Å². The summed E-state index contributed by atoms with van der Waals surface area (Å²) in [6.07, 6.45) is 2.26. The van der Waals surface area contributed by atoms with E-state index in [9.17, 15) is 9.90 Å². The van der Waals surface area contributed by atoms with Crippen molar-refractivity contribution in [3.8, 4) is 10.6 Å². The van der Waals surface area contributed by atoms with Crippen LogP contribution in [0, 0.1) is 20.8 Å². The first-order valence-electron chi connectivity index (χ1n) is 12.2. The van der Waals surface area contributed by atoms with Crippen molar-refractivity contribution >= 4 is 40.0 Å². The minimum Gasteiger partial charge on any atom is -0.480 e. The van der Waals surface area contributed by atoms with E-state index in [1.807, 2.05) is 75.5 Å². The summed E-state index contributed by atoms with van der Waals surface area (Å²) in [5.41, 5.74) is 8.05. The SMILES string of the molecule is Cc1cc(C)c(NC(Cc2ccc(-c3ncc(CNc4nc5ccccc5[nH]4)s3)cc2)C(=O)O)c(C)c1. The number of hydrogen-bond acceptors (Lipinski definition) is 6. The molecule has 0 amide bonds. The van der Waals surface area contributed by atoms with Gasteiger partial charge in [0.2, 0.25) is 5.95 Å². The maximum Gasteiger partial charge on any atom is 0.326 e. The lowest BCUT2D eigenvalue weighted by atomic mass is 10.0. The summed E-state index contributed by atoms with van der Waals surface area (Å²) < 4.78 is 0. The Balaban J connectivity index is 1.23.